The Kier molecular flexibility index (Phi) is 3.15. The van der Waals surface area contributed by atoms with Crippen molar-refractivity contribution in [1.82, 2.24) is 0 Å². The van der Waals surface area contributed by atoms with Crippen LogP contribution in [0.1, 0.15) is 32.6 Å². The van der Waals surface area contributed by atoms with Crippen LogP contribution in [0.25, 0.3) is 0 Å². The first-order valence-corrected chi connectivity index (χ1v) is 10.5. The average molecular weight is 376 g/mol. The molecule has 1 saturated heterocycles. The molecule has 2 aliphatic heterocycles. The van der Waals surface area contributed by atoms with Gasteiger partial charge in [0.25, 0.3) is 0 Å². The molecule has 6 aliphatic rings. The molecule has 2 heterocycles. The number of nitrogens with zero attached hydrogens (tertiary/aromatic N) is 2. The Hall–Kier alpha value is -2.43. The van der Waals surface area contributed by atoms with Gasteiger partial charge in [0, 0.05) is 11.8 Å². The third kappa shape index (κ3) is 1.60. The number of aliphatic imine (C=N–C) groups is 1. The Morgan fingerprint density at radius 1 is 1.04 bits per heavy atom. The molecule has 1 aromatic rings. The number of carbonyl (C=O) groups excluding carboxylic acids is 2. The van der Waals surface area contributed by atoms with Crippen LogP contribution in [0.2, 0.25) is 0 Å². The third-order valence-corrected chi connectivity index (χ3v) is 7.95. The molecule has 7 rings (SSSR count). The van der Waals surface area contributed by atoms with Gasteiger partial charge in [-0.1, -0.05) is 43.2 Å². The maximum absolute atomic E-state index is 13.5. The minimum atomic E-state index is -0.292. The van der Waals surface area contributed by atoms with Crippen LogP contribution in [-0.2, 0) is 14.3 Å². The van der Waals surface area contributed by atoms with Gasteiger partial charge in [0.1, 0.15) is 0 Å². The van der Waals surface area contributed by atoms with Crippen molar-refractivity contribution in [1.29, 1.82) is 0 Å². The number of para-hydroxylation sites is 1. The first-order valence-electron chi connectivity index (χ1n) is 10.5. The van der Waals surface area contributed by atoms with E-state index in [2.05, 4.69) is 12.2 Å². The van der Waals surface area contributed by atoms with Gasteiger partial charge in [-0.2, -0.15) is 0 Å². The summed E-state index contributed by atoms with van der Waals surface area (Å²) >= 11 is 0. The van der Waals surface area contributed by atoms with Crippen molar-refractivity contribution in [3.05, 3.63) is 42.5 Å². The largest absolute Gasteiger partial charge is 0.481 e. The number of hydrogen-bond donors (Lipinski definition) is 0. The molecule has 1 aromatic carbocycles. The summed E-state index contributed by atoms with van der Waals surface area (Å²) in [6.45, 7) is 2.58. The van der Waals surface area contributed by atoms with E-state index in [4.69, 9.17) is 9.73 Å². The van der Waals surface area contributed by atoms with Crippen molar-refractivity contribution >= 4 is 23.4 Å². The minimum Gasteiger partial charge on any atom is -0.481 e. The second kappa shape index (κ2) is 5.34. The molecule has 6 atom stereocenters. The van der Waals surface area contributed by atoms with Crippen LogP contribution in [0.4, 0.5) is 5.69 Å². The Balaban J connectivity index is 1.49. The van der Waals surface area contributed by atoms with Gasteiger partial charge in [-0.3, -0.25) is 14.5 Å². The van der Waals surface area contributed by atoms with Gasteiger partial charge in [-0.05, 0) is 31.9 Å². The third-order valence-electron chi connectivity index (χ3n) is 7.95. The molecule has 0 N–H and O–H groups in total. The molecule has 0 aromatic heterocycles. The van der Waals surface area contributed by atoms with Crippen molar-refractivity contribution in [2.24, 2.45) is 34.1 Å². The van der Waals surface area contributed by atoms with Gasteiger partial charge in [0.15, 0.2) is 5.90 Å². The van der Waals surface area contributed by atoms with E-state index < -0.39 is 0 Å². The lowest BCUT2D eigenvalue weighted by Gasteiger charge is -2.69. The molecule has 5 nitrogen and oxygen atoms in total. The number of imide groups is 1. The average Bonchev–Trinajstić information content (AvgIpc) is 2.98. The van der Waals surface area contributed by atoms with E-state index in [1.54, 1.807) is 0 Å². The summed E-state index contributed by atoms with van der Waals surface area (Å²) in [7, 11) is 0. The van der Waals surface area contributed by atoms with Gasteiger partial charge in [0.05, 0.1) is 35.1 Å². The molecule has 0 spiro atoms. The van der Waals surface area contributed by atoms with Crippen molar-refractivity contribution in [3.63, 3.8) is 0 Å². The number of carbonyl (C=O) groups is 2. The van der Waals surface area contributed by atoms with E-state index in [0.29, 0.717) is 12.3 Å². The summed E-state index contributed by atoms with van der Waals surface area (Å²) < 4.78 is 5.98. The monoisotopic (exact) mass is 376 g/mol. The summed E-state index contributed by atoms with van der Waals surface area (Å²) in [6.07, 6.45) is 8.67. The quantitative estimate of drug-likeness (QED) is 0.587. The number of ether oxygens (including phenoxy) is 1. The van der Waals surface area contributed by atoms with Crippen molar-refractivity contribution in [3.8, 4) is 0 Å². The first kappa shape index (κ1) is 16.5. The topological polar surface area (TPSA) is 59.0 Å². The predicted octanol–water partition coefficient (Wildman–Crippen LogP) is 3.36. The Bertz CT molecular complexity index is 938. The molecule has 3 fully saturated rings. The Labute approximate surface area is 164 Å². The molecular weight excluding hydrogens is 352 g/mol. The second-order valence-corrected chi connectivity index (χ2v) is 8.79. The maximum Gasteiger partial charge on any atom is 0.238 e. The lowest BCUT2D eigenvalue weighted by Crippen LogP contribution is -2.75. The fraction of sp³-hybridized carbons (Fsp3) is 0.522. The molecule has 2 saturated carbocycles. The zero-order valence-corrected chi connectivity index (χ0v) is 16.0. The zero-order chi connectivity index (χ0) is 19.1. The smallest absolute Gasteiger partial charge is 0.238 e. The molecule has 0 unspecified atom stereocenters. The highest BCUT2D eigenvalue weighted by Crippen LogP contribution is 2.72. The van der Waals surface area contributed by atoms with E-state index >= 15 is 0 Å². The van der Waals surface area contributed by atoms with Gasteiger partial charge in [-0.15, -0.1) is 0 Å². The highest BCUT2D eigenvalue weighted by molar-refractivity contribution is 6.23. The second-order valence-electron chi connectivity index (χ2n) is 8.79. The zero-order valence-electron chi connectivity index (χ0n) is 16.0. The lowest BCUT2D eigenvalue weighted by atomic mass is 9.37. The summed E-state index contributed by atoms with van der Waals surface area (Å²) in [4.78, 5) is 33.5. The Morgan fingerprint density at radius 3 is 2.46 bits per heavy atom. The van der Waals surface area contributed by atoms with Crippen LogP contribution < -0.4 is 4.90 Å². The predicted molar refractivity (Wildman–Crippen MR) is 105 cm³/mol. The molecule has 144 valence electrons. The van der Waals surface area contributed by atoms with Crippen molar-refractivity contribution in [2.45, 2.75) is 38.1 Å². The van der Waals surface area contributed by atoms with Crippen LogP contribution >= 0.6 is 0 Å². The molecule has 0 radical (unpaired) electrons. The summed E-state index contributed by atoms with van der Waals surface area (Å²) in [6, 6.07) is 9.36. The molecule has 4 aliphatic carbocycles. The number of amides is 2. The van der Waals surface area contributed by atoms with Crippen LogP contribution in [0.3, 0.4) is 0 Å². The van der Waals surface area contributed by atoms with Crippen LogP contribution in [0.5, 0.6) is 0 Å². The number of hydrogen-bond acceptors (Lipinski definition) is 4. The SMILES string of the molecule is CCOC1=N[C@@]23CCCC[C@]12[C@@H]1C=C[C@@H]3[C@H]2C(=O)N(c3ccccc3)C(=O)[C@@H]21. The molecule has 2 amide bonds. The first-order chi connectivity index (χ1) is 13.7. The van der Waals surface area contributed by atoms with E-state index in [0.717, 1.165) is 31.6 Å². The van der Waals surface area contributed by atoms with Crippen molar-refractivity contribution < 1.29 is 14.3 Å². The number of benzene rings is 1. The highest BCUT2D eigenvalue weighted by atomic mass is 16.5. The fourth-order valence-corrected chi connectivity index (χ4v) is 7.05. The van der Waals surface area contributed by atoms with E-state index in [-0.39, 0.29) is 46.4 Å². The molecular formula is C23H24N2O3. The number of rotatable bonds is 2. The Morgan fingerprint density at radius 2 is 1.71 bits per heavy atom. The fourth-order valence-electron chi connectivity index (χ4n) is 7.05. The minimum absolute atomic E-state index is 0.00262. The number of allylic oxidation sites excluding steroid dienone is 1. The van der Waals surface area contributed by atoms with E-state index in [9.17, 15) is 9.59 Å². The molecule has 5 heteroatoms. The highest BCUT2D eigenvalue weighted by Gasteiger charge is 2.79. The van der Waals surface area contributed by atoms with Gasteiger partial charge in [0.2, 0.25) is 11.8 Å². The van der Waals surface area contributed by atoms with Gasteiger partial charge >= 0.3 is 0 Å². The van der Waals surface area contributed by atoms with Crippen LogP contribution in [-0.4, -0.2) is 29.9 Å². The number of anilines is 1. The van der Waals surface area contributed by atoms with Crippen molar-refractivity contribution in [2.75, 3.05) is 11.5 Å². The van der Waals surface area contributed by atoms with Crippen LogP contribution in [0, 0.1) is 29.1 Å². The van der Waals surface area contributed by atoms with Gasteiger partial charge in [-0.25, -0.2) is 4.99 Å². The summed E-state index contributed by atoms with van der Waals surface area (Å²) in [5.74, 6) is 0.168. The maximum atomic E-state index is 13.5. The normalized spacial score (nSPS) is 42.5. The lowest BCUT2D eigenvalue weighted by molar-refractivity contribution is -0.144. The summed E-state index contributed by atoms with van der Waals surface area (Å²) in [5, 5.41) is 0. The molecule has 28 heavy (non-hydrogen) atoms. The van der Waals surface area contributed by atoms with Crippen LogP contribution in [0.15, 0.2) is 47.5 Å². The van der Waals surface area contributed by atoms with Gasteiger partial charge < -0.3 is 4.74 Å². The molecule has 2 bridgehead atoms. The standard InChI is InChI=1S/C23H24N2O3/c1-2-28-21-22-12-6-7-13-23(22,24-21)16-11-10-15(22)17-18(16)20(27)25(19(17)26)14-8-4-3-5-9-14/h3-5,8-11,15-18H,2,6-7,12-13H2,1H3/t15-,16-,17-,18-,22+,23-/m1/s1. The summed E-state index contributed by atoms with van der Waals surface area (Å²) in [5.41, 5.74) is 0.242. The van der Waals surface area contributed by atoms with E-state index in [1.165, 1.54) is 4.90 Å². The van der Waals surface area contributed by atoms with E-state index in [1.807, 2.05) is 37.3 Å².